The summed E-state index contributed by atoms with van der Waals surface area (Å²) >= 11 is 0.873. The molecule has 0 bridgehead atoms. The molecule has 3 N–H and O–H groups in total. The number of carbonyl (C=O) groups is 1. The van der Waals surface area contributed by atoms with Gasteiger partial charge in [-0.15, -0.1) is 0 Å². The van der Waals surface area contributed by atoms with Gasteiger partial charge in [-0.05, 0) is 0 Å². The topological polar surface area (TPSA) is 107 Å². The second kappa shape index (κ2) is 4.00. The Labute approximate surface area is 98.4 Å². The predicted molar refractivity (Wildman–Crippen MR) is 56.9 cm³/mol. The number of nitrogen functional groups attached to an aromatic ring is 1. The van der Waals surface area contributed by atoms with Crippen LogP contribution in [0.25, 0.3) is 0 Å². The van der Waals surface area contributed by atoms with E-state index in [2.05, 4.69) is 4.98 Å². The zero-order valence-corrected chi connectivity index (χ0v) is 9.24. The molecule has 0 saturated carbocycles. The maximum Gasteiger partial charge on any atom is 0.369 e. The summed E-state index contributed by atoms with van der Waals surface area (Å²) in [5.74, 6) is -2.56. The molecule has 0 spiro atoms. The van der Waals surface area contributed by atoms with Crippen molar-refractivity contribution in [3.8, 4) is 0 Å². The number of aromatic nitrogens is 2. The zero-order valence-electron chi connectivity index (χ0n) is 8.42. The fourth-order valence-electron chi connectivity index (χ4n) is 1.42. The van der Waals surface area contributed by atoms with Crippen LogP contribution in [0, 0.1) is 5.82 Å². The average Bonchev–Trinajstić information content (AvgIpc) is 2.73. The summed E-state index contributed by atoms with van der Waals surface area (Å²) in [7, 11) is 0. The van der Waals surface area contributed by atoms with Crippen LogP contribution < -0.4 is 11.4 Å². The second-order valence-corrected chi connectivity index (χ2v) is 4.46. The summed E-state index contributed by atoms with van der Waals surface area (Å²) in [5.41, 5.74) is 4.14. The lowest BCUT2D eigenvalue weighted by molar-refractivity contribution is -0.161. The number of nitrogens with zero attached hydrogens (tertiary/aromatic N) is 2. The van der Waals surface area contributed by atoms with E-state index in [1.807, 2.05) is 0 Å². The molecule has 1 saturated heterocycles. The van der Waals surface area contributed by atoms with Crippen LogP contribution >= 0.6 is 11.8 Å². The van der Waals surface area contributed by atoms with E-state index in [-0.39, 0.29) is 6.61 Å². The van der Waals surface area contributed by atoms with Crippen LogP contribution in [0.1, 0.15) is 0 Å². The summed E-state index contributed by atoms with van der Waals surface area (Å²) in [5, 5.41) is 7.16. The number of anilines is 1. The van der Waals surface area contributed by atoms with Gasteiger partial charge in [0.25, 0.3) is 5.06 Å². The summed E-state index contributed by atoms with van der Waals surface area (Å²) < 4.78 is 18.9. The van der Waals surface area contributed by atoms with Crippen LogP contribution in [0.5, 0.6) is 0 Å². The van der Waals surface area contributed by atoms with E-state index >= 15 is 0 Å². The molecular weight excluding hydrogens is 253 g/mol. The van der Waals surface area contributed by atoms with Crippen LogP contribution in [0.3, 0.4) is 0 Å². The largest absolute Gasteiger partial charge is 0.477 e. The smallest absolute Gasteiger partial charge is 0.369 e. The van der Waals surface area contributed by atoms with Crippen molar-refractivity contribution in [2.24, 2.45) is 0 Å². The summed E-state index contributed by atoms with van der Waals surface area (Å²) in [6.45, 7) is 0.148. The predicted octanol–water partition coefficient (Wildman–Crippen LogP) is -0.577. The number of halogens is 1. The van der Waals surface area contributed by atoms with Crippen molar-refractivity contribution in [1.82, 2.24) is 9.55 Å². The Bertz CT molecular complexity index is 526. The van der Waals surface area contributed by atoms with Crippen LogP contribution in [-0.4, -0.2) is 33.0 Å². The number of hydrogen-bond acceptors (Lipinski definition) is 6. The lowest BCUT2D eigenvalue weighted by atomic mass is 10.5. The molecule has 9 heteroatoms. The Balaban J connectivity index is 2.62. The third-order valence-corrected chi connectivity index (χ3v) is 3.43. The van der Waals surface area contributed by atoms with Crippen LogP contribution in [0.2, 0.25) is 0 Å². The molecule has 2 rings (SSSR count). The fourth-order valence-corrected chi connectivity index (χ4v) is 2.43. The Morgan fingerprint density at radius 2 is 2.47 bits per heavy atom. The van der Waals surface area contributed by atoms with Crippen LogP contribution in [-0.2, 0) is 14.6 Å². The number of thioether (sulfide) groups is 1. The van der Waals surface area contributed by atoms with E-state index in [9.17, 15) is 14.0 Å². The first-order chi connectivity index (χ1) is 7.97. The molecule has 1 fully saturated rings. The molecular formula is C8H8FN3O4S. The maximum absolute atomic E-state index is 13.2. The number of ether oxygens (including phenoxy) is 1. The summed E-state index contributed by atoms with van der Waals surface area (Å²) in [6.07, 6.45) is 0.692. The van der Waals surface area contributed by atoms with Crippen molar-refractivity contribution in [1.29, 1.82) is 0 Å². The average molecular weight is 261 g/mol. The minimum Gasteiger partial charge on any atom is -0.477 e. The van der Waals surface area contributed by atoms with Crippen LogP contribution in [0.15, 0.2) is 11.0 Å². The highest BCUT2D eigenvalue weighted by atomic mass is 32.2. The van der Waals surface area contributed by atoms with E-state index < -0.39 is 28.4 Å². The van der Waals surface area contributed by atoms with Gasteiger partial charge in [0.15, 0.2) is 11.6 Å². The standard InChI is InChI=1S/C8H8FN3O4S/c9-4-3-12(7(15)11-5(4)10)8(6(13)14)16-1-2-17-8/h3H,1-2H2,(H,13,14)(H2,10,11,15)/t8-/m1/s1. The molecule has 2 heterocycles. The Morgan fingerprint density at radius 3 is 3.00 bits per heavy atom. The van der Waals surface area contributed by atoms with Gasteiger partial charge in [0, 0.05) is 5.75 Å². The molecule has 1 aliphatic heterocycles. The summed E-state index contributed by atoms with van der Waals surface area (Å²) in [6, 6.07) is 0. The van der Waals surface area contributed by atoms with Crippen molar-refractivity contribution in [2.45, 2.75) is 5.06 Å². The Hall–Kier alpha value is -1.61. The van der Waals surface area contributed by atoms with Gasteiger partial charge >= 0.3 is 11.7 Å². The maximum atomic E-state index is 13.2. The quantitative estimate of drug-likeness (QED) is 0.733. The van der Waals surface area contributed by atoms with Gasteiger partial charge < -0.3 is 15.6 Å². The number of rotatable bonds is 2. The molecule has 0 aromatic carbocycles. The highest BCUT2D eigenvalue weighted by molar-refractivity contribution is 8.00. The van der Waals surface area contributed by atoms with Gasteiger partial charge in [0.2, 0.25) is 0 Å². The normalized spacial score (nSPS) is 23.8. The molecule has 92 valence electrons. The molecule has 17 heavy (non-hydrogen) atoms. The van der Waals surface area contributed by atoms with Gasteiger partial charge in [0.1, 0.15) is 0 Å². The molecule has 0 aliphatic carbocycles. The van der Waals surface area contributed by atoms with Crippen molar-refractivity contribution < 1.29 is 19.0 Å². The fraction of sp³-hybridized carbons (Fsp3) is 0.375. The van der Waals surface area contributed by atoms with Crippen molar-refractivity contribution >= 4 is 23.5 Å². The van der Waals surface area contributed by atoms with Crippen molar-refractivity contribution in [3.63, 3.8) is 0 Å². The second-order valence-electron chi connectivity index (χ2n) is 3.21. The molecule has 1 aromatic heterocycles. The van der Waals surface area contributed by atoms with Gasteiger partial charge in [-0.2, -0.15) is 4.98 Å². The number of nitrogens with two attached hydrogens (primary N) is 1. The highest BCUT2D eigenvalue weighted by Crippen LogP contribution is 2.37. The zero-order chi connectivity index (χ0) is 12.6. The van der Waals surface area contributed by atoms with E-state index in [4.69, 9.17) is 15.6 Å². The molecule has 1 aliphatic rings. The molecule has 7 nitrogen and oxygen atoms in total. The van der Waals surface area contributed by atoms with E-state index in [0.29, 0.717) is 16.5 Å². The van der Waals surface area contributed by atoms with E-state index in [0.717, 1.165) is 11.8 Å². The highest BCUT2D eigenvalue weighted by Gasteiger charge is 2.47. The van der Waals surface area contributed by atoms with Gasteiger partial charge in [-0.25, -0.2) is 18.5 Å². The first-order valence-corrected chi connectivity index (χ1v) is 5.52. The minimum absolute atomic E-state index is 0.148. The molecule has 0 radical (unpaired) electrons. The molecule has 0 unspecified atom stereocenters. The third kappa shape index (κ3) is 1.76. The van der Waals surface area contributed by atoms with Crippen molar-refractivity contribution in [3.05, 3.63) is 22.5 Å². The summed E-state index contributed by atoms with van der Waals surface area (Å²) in [4.78, 5) is 25.9. The number of hydrogen-bond donors (Lipinski definition) is 2. The molecule has 0 amide bonds. The van der Waals surface area contributed by atoms with E-state index in [1.165, 1.54) is 0 Å². The number of carboxylic acid groups (broad SMARTS) is 1. The SMILES string of the molecule is Nc1nc(=O)n([C@]2(C(=O)O)OCCS2)cc1F. The third-order valence-electron chi connectivity index (χ3n) is 2.18. The Morgan fingerprint density at radius 1 is 1.76 bits per heavy atom. The lowest BCUT2D eigenvalue weighted by Crippen LogP contribution is -2.45. The van der Waals surface area contributed by atoms with E-state index in [1.54, 1.807) is 0 Å². The van der Waals surface area contributed by atoms with Gasteiger partial charge in [-0.1, -0.05) is 11.8 Å². The first kappa shape index (κ1) is 11.9. The lowest BCUT2D eigenvalue weighted by Gasteiger charge is -2.24. The Kier molecular flexibility index (Phi) is 2.79. The number of aliphatic carboxylic acids is 1. The number of carboxylic acids is 1. The minimum atomic E-state index is -1.96. The molecule has 1 aromatic rings. The van der Waals surface area contributed by atoms with Gasteiger partial charge in [-0.3, -0.25) is 0 Å². The van der Waals surface area contributed by atoms with Crippen LogP contribution in [0.4, 0.5) is 10.2 Å². The molecule has 1 atom stereocenters. The van der Waals surface area contributed by atoms with Gasteiger partial charge in [0.05, 0.1) is 12.8 Å². The first-order valence-electron chi connectivity index (χ1n) is 4.54. The van der Waals surface area contributed by atoms with Crippen molar-refractivity contribution in [2.75, 3.05) is 18.1 Å². The monoisotopic (exact) mass is 261 g/mol.